The maximum absolute atomic E-state index is 14.6. The lowest BCUT2D eigenvalue weighted by atomic mass is 9.91. The predicted molar refractivity (Wildman–Crippen MR) is 124 cm³/mol. The second-order valence-corrected chi connectivity index (χ2v) is 8.86. The van der Waals surface area contributed by atoms with Gasteiger partial charge in [0.25, 0.3) is 5.91 Å². The Balaban J connectivity index is 1.33. The molecule has 3 N–H and O–H groups in total. The standard InChI is InChI=1S/C24H24F3N7O/c1-12-9-30-23(34(12)2)24(35)32-15-5-3-4-14(8-15)31-22-19(27)11-29-21(33-22)17-10-28-20-16(17)6-13(25)7-18(20)26/h6-7,9-11,14-15,28H,3-5,8H2,1-2H3,(H,32,35)(H,29,31,33)/t14-,15?/m0/s1. The molecule has 182 valence electrons. The van der Waals surface area contributed by atoms with E-state index in [4.69, 9.17) is 0 Å². The number of amides is 1. The van der Waals surface area contributed by atoms with Crippen molar-refractivity contribution in [2.75, 3.05) is 5.32 Å². The average Bonchev–Trinajstić information content (AvgIpc) is 3.39. The highest BCUT2D eigenvalue weighted by atomic mass is 19.1. The Morgan fingerprint density at radius 2 is 1.91 bits per heavy atom. The molecule has 1 aliphatic carbocycles. The van der Waals surface area contributed by atoms with Gasteiger partial charge in [-0.05, 0) is 38.7 Å². The maximum Gasteiger partial charge on any atom is 0.287 e. The molecule has 1 amide bonds. The Bertz CT molecular complexity index is 1410. The Morgan fingerprint density at radius 1 is 1.11 bits per heavy atom. The van der Waals surface area contributed by atoms with E-state index in [0.717, 1.165) is 37.2 Å². The summed E-state index contributed by atoms with van der Waals surface area (Å²) >= 11 is 0. The number of aryl methyl sites for hydroxylation is 1. The molecule has 0 radical (unpaired) electrons. The third-order valence-electron chi connectivity index (χ3n) is 6.46. The number of rotatable bonds is 5. The van der Waals surface area contributed by atoms with Gasteiger partial charge in [0.15, 0.2) is 23.3 Å². The molecular weight excluding hydrogens is 459 g/mol. The van der Waals surface area contributed by atoms with E-state index in [1.54, 1.807) is 17.8 Å². The van der Waals surface area contributed by atoms with Crippen LogP contribution in [0.2, 0.25) is 0 Å². The molecule has 3 aromatic heterocycles. The van der Waals surface area contributed by atoms with Crippen molar-refractivity contribution in [1.82, 2.24) is 29.8 Å². The van der Waals surface area contributed by atoms with Gasteiger partial charge in [-0.25, -0.2) is 28.1 Å². The zero-order valence-electron chi connectivity index (χ0n) is 19.2. The number of carbonyl (C=O) groups excluding carboxylic acids is 1. The van der Waals surface area contributed by atoms with Gasteiger partial charge >= 0.3 is 0 Å². The third kappa shape index (κ3) is 4.45. The van der Waals surface area contributed by atoms with E-state index in [9.17, 15) is 18.0 Å². The molecule has 1 aromatic carbocycles. The minimum atomic E-state index is -0.734. The minimum Gasteiger partial charge on any atom is -0.365 e. The molecule has 0 spiro atoms. The number of aromatic amines is 1. The SMILES string of the molecule is Cc1cnc(C(=O)NC2CCC[C@H](Nc3nc(-c4c[nH]c5c(F)cc(F)cc45)ncc3F)C2)n1C. The second kappa shape index (κ2) is 9.05. The van der Waals surface area contributed by atoms with E-state index >= 15 is 0 Å². The highest BCUT2D eigenvalue weighted by Gasteiger charge is 2.26. The first-order valence-electron chi connectivity index (χ1n) is 11.3. The molecular formula is C24H24F3N7O. The van der Waals surface area contributed by atoms with Crippen molar-refractivity contribution >= 4 is 22.6 Å². The Hall–Kier alpha value is -3.89. The molecule has 35 heavy (non-hydrogen) atoms. The molecule has 0 aliphatic heterocycles. The van der Waals surface area contributed by atoms with Gasteiger partial charge < -0.3 is 20.2 Å². The molecule has 1 unspecified atom stereocenters. The number of aromatic nitrogens is 5. The van der Waals surface area contributed by atoms with Gasteiger partial charge in [-0.1, -0.05) is 0 Å². The number of carbonyl (C=O) groups is 1. The highest BCUT2D eigenvalue weighted by Crippen LogP contribution is 2.30. The first-order valence-corrected chi connectivity index (χ1v) is 11.3. The maximum atomic E-state index is 14.6. The van der Waals surface area contributed by atoms with Crippen LogP contribution in [0.3, 0.4) is 0 Å². The fourth-order valence-corrected chi connectivity index (χ4v) is 4.54. The summed E-state index contributed by atoms with van der Waals surface area (Å²) in [5.74, 6) is -1.87. The fourth-order valence-electron chi connectivity index (χ4n) is 4.54. The van der Waals surface area contributed by atoms with Crippen molar-refractivity contribution in [3.63, 3.8) is 0 Å². The number of hydrogen-bond donors (Lipinski definition) is 3. The van der Waals surface area contributed by atoms with Crippen LogP contribution in [0, 0.1) is 24.4 Å². The highest BCUT2D eigenvalue weighted by molar-refractivity contribution is 5.94. The number of benzene rings is 1. The van der Waals surface area contributed by atoms with Crippen LogP contribution in [-0.4, -0.2) is 42.5 Å². The molecule has 1 saturated carbocycles. The average molecular weight is 483 g/mol. The zero-order chi connectivity index (χ0) is 24.7. The van der Waals surface area contributed by atoms with Crippen LogP contribution in [0.4, 0.5) is 19.0 Å². The summed E-state index contributed by atoms with van der Waals surface area (Å²) in [5, 5.41) is 6.41. The van der Waals surface area contributed by atoms with E-state index in [-0.39, 0.29) is 40.5 Å². The Labute approximate surface area is 199 Å². The Morgan fingerprint density at radius 3 is 2.69 bits per heavy atom. The normalized spacial score (nSPS) is 18.1. The molecule has 11 heteroatoms. The monoisotopic (exact) mass is 483 g/mol. The van der Waals surface area contributed by atoms with E-state index < -0.39 is 17.5 Å². The van der Waals surface area contributed by atoms with Gasteiger partial charge in [0, 0.05) is 54.2 Å². The van der Waals surface area contributed by atoms with Crippen LogP contribution >= 0.6 is 0 Å². The molecule has 2 atom stereocenters. The summed E-state index contributed by atoms with van der Waals surface area (Å²) in [6.07, 6.45) is 7.14. The number of anilines is 1. The van der Waals surface area contributed by atoms with Crippen LogP contribution in [0.25, 0.3) is 22.3 Å². The van der Waals surface area contributed by atoms with E-state index in [0.29, 0.717) is 17.8 Å². The smallest absolute Gasteiger partial charge is 0.287 e. The number of imidazole rings is 1. The molecule has 0 saturated heterocycles. The van der Waals surface area contributed by atoms with E-state index in [1.807, 2.05) is 6.92 Å². The molecule has 3 heterocycles. The molecule has 5 rings (SSSR count). The van der Waals surface area contributed by atoms with Gasteiger partial charge in [0.05, 0.1) is 11.7 Å². The van der Waals surface area contributed by atoms with E-state index in [1.165, 1.54) is 12.3 Å². The number of nitrogens with zero attached hydrogens (tertiary/aromatic N) is 4. The zero-order valence-corrected chi connectivity index (χ0v) is 19.2. The molecule has 8 nitrogen and oxygen atoms in total. The first kappa shape index (κ1) is 22.9. The first-order chi connectivity index (χ1) is 16.8. The quantitative estimate of drug-likeness (QED) is 0.394. The van der Waals surface area contributed by atoms with Crippen LogP contribution in [0.15, 0.2) is 30.7 Å². The van der Waals surface area contributed by atoms with E-state index in [2.05, 4.69) is 30.6 Å². The molecule has 1 fully saturated rings. The summed E-state index contributed by atoms with van der Waals surface area (Å²) < 4.78 is 44.2. The summed E-state index contributed by atoms with van der Waals surface area (Å²) in [7, 11) is 1.79. The molecule has 1 aliphatic rings. The van der Waals surface area contributed by atoms with Crippen LogP contribution in [-0.2, 0) is 7.05 Å². The minimum absolute atomic E-state index is 0.00192. The van der Waals surface area contributed by atoms with Crippen molar-refractivity contribution in [3.05, 3.63) is 59.7 Å². The molecule has 4 aromatic rings. The van der Waals surface area contributed by atoms with Crippen molar-refractivity contribution in [1.29, 1.82) is 0 Å². The summed E-state index contributed by atoms with van der Waals surface area (Å²) in [6, 6.07) is 1.73. The third-order valence-corrected chi connectivity index (χ3v) is 6.46. The van der Waals surface area contributed by atoms with Crippen LogP contribution in [0.1, 0.15) is 42.0 Å². The predicted octanol–water partition coefficient (Wildman–Crippen LogP) is 4.24. The summed E-state index contributed by atoms with van der Waals surface area (Å²) in [6.45, 7) is 1.87. The van der Waals surface area contributed by atoms with Gasteiger partial charge in [0.2, 0.25) is 0 Å². The second-order valence-electron chi connectivity index (χ2n) is 8.86. The van der Waals surface area contributed by atoms with Crippen molar-refractivity contribution in [2.45, 2.75) is 44.7 Å². The van der Waals surface area contributed by atoms with Gasteiger partial charge in [0.1, 0.15) is 11.6 Å². The lowest BCUT2D eigenvalue weighted by molar-refractivity contribution is 0.0912. The fraction of sp³-hybridized carbons (Fsp3) is 0.333. The Kier molecular flexibility index (Phi) is 5.91. The summed E-state index contributed by atoms with van der Waals surface area (Å²) in [4.78, 5) is 27.9. The number of H-pyrrole nitrogens is 1. The number of fused-ring (bicyclic) bond motifs is 1. The van der Waals surface area contributed by atoms with Gasteiger partial charge in [-0.2, -0.15) is 0 Å². The summed E-state index contributed by atoms with van der Waals surface area (Å²) in [5.41, 5.74) is 1.37. The lowest BCUT2D eigenvalue weighted by Gasteiger charge is -2.30. The van der Waals surface area contributed by atoms with Gasteiger partial charge in [-0.3, -0.25) is 4.79 Å². The topological polar surface area (TPSA) is 101 Å². The van der Waals surface area contributed by atoms with Gasteiger partial charge in [-0.15, -0.1) is 0 Å². The van der Waals surface area contributed by atoms with Crippen molar-refractivity contribution in [3.8, 4) is 11.4 Å². The largest absolute Gasteiger partial charge is 0.365 e. The van der Waals surface area contributed by atoms with Crippen molar-refractivity contribution < 1.29 is 18.0 Å². The number of nitrogens with one attached hydrogen (secondary N) is 3. The molecule has 0 bridgehead atoms. The van der Waals surface area contributed by atoms with Crippen molar-refractivity contribution in [2.24, 2.45) is 7.05 Å². The number of halogens is 3. The van der Waals surface area contributed by atoms with Crippen LogP contribution in [0.5, 0.6) is 0 Å². The lowest BCUT2D eigenvalue weighted by Crippen LogP contribution is -2.42. The number of hydrogen-bond acceptors (Lipinski definition) is 5. The van der Waals surface area contributed by atoms with Crippen LogP contribution < -0.4 is 10.6 Å².